The zero-order chi connectivity index (χ0) is 16.6. The van der Waals surface area contributed by atoms with Gasteiger partial charge >= 0.3 is 0 Å². The lowest BCUT2D eigenvalue weighted by Crippen LogP contribution is -2.61. The summed E-state index contributed by atoms with van der Waals surface area (Å²) in [6.07, 6.45) is 5.70. The molecular formula is C20H24N2O2. The molecule has 1 saturated carbocycles. The van der Waals surface area contributed by atoms with Gasteiger partial charge in [-0.25, -0.2) is 0 Å². The minimum absolute atomic E-state index is 0.00741. The van der Waals surface area contributed by atoms with Gasteiger partial charge in [0.25, 0.3) is 0 Å². The van der Waals surface area contributed by atoms with Crippen LogP contribution in [0.1, 0.15) is 38.7 Å². The van der Waals surface area contributed by atoms with E-state index in [4.69, 9.17) is 0 Å². The van der Waals surface area contributed by atoms with Crippen LogP contribution >= 0.6 is 0 Å². The van der Waals surface area contributed by atoms with Gasteiger partial charge in [-0.15, -0.1) is 0 Å². The number of piperidine rings is 1. The number of carbonyl (C=O) groups is 1. The number of nitrogens with zero attached hydrogens (tertiary/aromatic N) is 2. The van der Waals surface area contributed by atoms with Crippen LogP contribution in [0.4, 0.5) is 5.69 Å². The number of benzene rings is 1. The minimum Gasteiger partial charge on any atom is -0.508 e. The van der Waals surface area contributed by atoms with Crippen molar-refractivity contribution in [2.45, 2.75) is 50.6 Å². The first kappa shape index (κ1) is 14.5. The Labute approximate surface area is 142 Å². The lowest BCUT2D eigenvalue weighted by molar-refractivity contribution is -0.117. The second kappa shape index (κ2) is 4.63. The summed E-state index contributed by atoms with van der Waals surface area (Å²) in [7, 11) is 0. The molecule has 3 fully saturated rings. The highest BCUT2D eigenvalue weighted by Gasteiger charge is 2.65. The number of fused-ring (bicyclic) bond motifs is 2. The van der Waals surface area contributed by atoms with E-state index in [9.17, 15) is 9.90 Å². The predicted octanol–water partition coefficient (Wildman–Crippen LogP) is 2.81. The van der Waals surface area contributed by atoms with Crippen molar-refractivity contribution in [2.75, 3.05) is 18.0 Å². The van der Waals surface area contributed by atoms with Crippen LogP contribution in [0.15, 0.2) is 29.8 Å². The van der Waals surface area contributed by atoms with Gasteiger partial charge in [-0.3, -0.25) is 9.69 Å². The molecular weight excluding hydrogens is 300 g/mol. The van der Waals surface area contributed by atoms with E-state index in [1.165, 1.54) is 18.5 Å². The summed E-state index contributed by atoms with van der Waals surface area (Å²) < 4.78 is 0. The number of phenols is 1. The van der Waals surface area contributed by atoms with Crippen molar-refractivity contribution in [3.8, 4) is 5.75 Å². The van der Waals surface area contributed by atoms with Crippen molar-refractivity contribution >= 4 is 11.6 Å². The average molecular weight is 324 g/mol. The monoisotopic (exact) mass is 324 g/mol. The number of amides is 1. The number of aromatic hydroxyl groups is 1. The lowest BCUT2D eigenvalue weighted by Gasteiger charge is -2.53. The molecule has 126 valence electrons. The van der Waals surface area contributed by atoms with Crippen LogP contribution in [0.3, 0.4) is 0 Å². The number of anilines is 1. The molecule has 1 aromatic rings. The molecule has 3 heterocycles. The third kappa shape index (κ3) is 1.51. The predicted molar refractivity (Wildman–Crippen MR) is 93.2 cm³/mol. The highest BCUT2D eigenvalue weighted by Crippen LogP contribution is 2.62. The average Bonchev–Trinajstić information content (AvgIpc) is 3.08. The van der Waals surface area contributed by atoms with E-state index >= 15 is 0 Å². The van der Waals surface area contributed by atoms with E-state index in [1.807, 2.05) is 4.90 Å². The Balaban J connectivity index is 1.79. The topological polar surface area (TPSA) is 43.8 Å². The van der Waals surface area contributed by atoms with Crippen molar-refractivity contribution in [3.63, 3.8) is 0 Å². The van der Waals surface area contributed by atoms with Gasteiger partial charge in [0, 0.05) is 30.5 Å². The quantitative estimate of drug-likeness (QED) is 0.746. The summed E-state index contributed by atoms with van der Waals surface area (Å²) in [6, 6.07) is 6.32. The number of allylic oxidation sites excluding steroid dienone is 1. The van der Waals surface area contributed by atoms with Crippen LogP contribution in [0.5, 0.6) is 5.75 Å². The van der Waals surface area contributed by atoms with E-state index < -0.39 is 0 Å². The van der Waals surface area contributed by atoms with Crippen LogP contribution in [0.25, 0.3) is 0 Å². The molecule has 0 aromatic heterocycles. The maximum atomic E-state index is 12.5. The molecule has 1 aromatic carbocycles. The second-order valence-electron chi connectivity index (χ2n) is 7.85. The van der Waals surface area contributed by atoms with Gasteiger partial charge in [0.2, 0.25) is 5.91 Å². The summed E-state index contributed by atoms with van der Waals surface area (Å²) in [5, 5.41) is 10.0. The van der Waals surface area contributed by atoms with Gasteiger partial charge in [-0.05, 0) is 56.8 Å². The first-order valence-electron chi connectivity index (χ1n) is 9.11. The van der Waals surface area contributed by atoms with Crippen LogP contribution in [-0.2, 0) is 10.2 Å². The minimum atomic E-state index is 0.00741. The van der Waals surface area contributed by atoms with E-state index in [-0.39, 0.29) is 23.1 Å². The van der Waals surface area contributed by atoms with Crippen LogP contribution in [0, 0.1) is 5.92 Å². The van der Waals surface area contributed by atoms with Crippen LogP contribution < -0.4 is 4.90 Å². The summed E-state index contributed by atoms with van der Waals surface area (Å²) >= 11 is 0. The third-order valence-electron chi connectivity index (χ3n) is 7.05. The van der Waals surface area contributed by atoms with Crippen molar-refractivity contribution in [3.05, 3.63) is 35.4 Å². The van der Waals surface area contributed by atoms with E-state index in [2.05, 4.69) is 24.0 Å². The van der Waals surface area contributed by atoms with Gasteiger partial charge in [0.1, 0.15) is 5.75 Å². The zero-order valence-electron chi connectivity index (χ0n) is 14.3. The van der Waals surface area contributed by atoms with E-state index in [0.717, 1.165) is 25.1 Å². The standard InChI is InChI=1S/C20H24N2O2/c1-3-15-13-6-8-21-9-7-20(19(15)21)16-5-4-14(24)11-17(16)22(12(2)23)18(20)10-13/h3-5,11,13,18-19,24H,6-10H2,1-2H3. The summed E-state index contributed by atoms with van der Waals surface area (Å²) in [6.45, 7) is 6.13. The molecule has 4 aliphatic rings. The van der Waals surface area contributed by atoms with Crippen LogP contribution in [-0.4, -0.2) is 41.1 Å². The highest BCUT2D eigenvalue weighted by molar-refractivity contribution is 5.96. The van der Waals surface area contributed by atoms with Gasteiger partial charge in [0.15, 0.2) is 0 Å². The molecule has 5 rings (SSSR count). The largest absolute Gasteiger partial charge is 0.508 e. The van der Waals surface area contributed by atoms with Gasteiger partial charge < -0.3 is 10.0 Å². The molecule has 24 heavy (non-hydrogen) atoms. The van der Waals surface area contributed by atoms with Gasteiger partial charge in [-0.2, -0.15) is 0 Å². The van der Waals surface area contributed by atoms with Crippen LogP contribution in [0.2, 0.25) is 0 Å². The van der Waals surface area contributed by atoms with E-state index in [0.29, 0.717) is 12.0 Å². The second-order valence-corrected chi connectivity index (χ2v) is 7.85. The number of carbonyl (C=O) groups excluding carboxylic acids is 1. The molecule has 2 bridgehead atoms. The Bertz CT molecular complexity index is 771. The molecule has 1 spiro atoms. The Morgan fingerprint density at radius 2 is 2.21 bits per heavy atom. The molecule has 1 amide bonds. The third-order valence-corrected chi connectivity index (χ3v) is 7.05. The Kier molecular flexibility index (Phi) is 2.80. The fourth-order valence-electron chi connectivity index (χ4n) is 6.32. The Morgan fingerprint density at radius 3 is 2.96 bits per heavy atom. The number of hydrogen-bond acceptors (Lipinski definition) is 3. The smallest absolute Gasteiger partial charge is 0.224 e. The van der Waals surface area contributed by atoms with Crippen molar-refractivity contribution in [1.29, 1.82) is 0 Å². The summed E-state index contributed by atoms with van der Waals surface area (Å²) in [4.78, 5) is 17.2. The molecule has 4 heteroatoms. The number of hydrogen-bond donors (Lipinski definition) is 1. The molecule has 1 aliphatic carbocycles. The molecule has 3 aliphatic heterocycles. The molecule has 4 nitrogen and oxygen atoms in total. The zero-order valence-corrected chi connectivity index (χ0v) is 14.3. The van der Waals surface area contributed by atoms with E-state index in [1.54, 1.807) is 24.6 Å². The molecule has 2 saturated heterocycles. The maximum absolute atomic E-state index is 12.5. The molecule has 4 atom stereocenters. The number of rotatable bonds is 0. The molecule has 4 unspecified atom stereocenters. The Hall–Kier alpha value is -1.81. The lowest BCUT2D eigenvalue weighted by atomic mass is 9.58. The fraction of sp³-hybridized carbons (Fsp3) is 0.550. The SMILES string of the molecule is CC=C1C2CCN3CCC4(c5ccc(O)cc5N(C(C)=O)C4C2)C13. The first-order chi connectivity index (χ1) is 11.6. The first-order valence-corrected chi connectivity index (χ1v) is 9.11. The van der Waals surface area contributed by atoms with Crippen molar-refractivity contribution in [2.24, 2.45) is 5.92 Å². The summed E-state index contributed by atoms with van der Waals surface area (Å²) in [5.41, 5.74) is 3.80. The number of phenolic OH excluding ortho intramolecular Hbond substituents is 1. The van der Waals surface area contributed by atoms with Crippen molar-refractivity contribution in [1.82, 2.24) is 4.90 Å². The molecule has 0 radical (unpaired) electrons. The fourth-order valence-corrected chi connectivity index (χ4v) is 6.32. The Morgan fingerprint density at radius 1 is 1.38 bits per heavy atom. The highest BCUT2D eigenvalue weighted by atomic mass is 16.3. The van der Waals surface area contributed by atoms with Gasteiger partial charge in [0.05, 0.1) is 5.69 Å². The van der Waals surface area contributed by atoms with Gasteiger partial charge in [-0.1, -0.05) is 17.7 Å². The summed E-state index contributed by atoms with van der Waals surface area (Å²) in [5.74, 6) is 0.945. The molecule has 1 N–H and O–H groups in total. The normalized spacial score (nSPS) is 38.3. The van der Waals surface area contributed by atoms with Crippen molar-refractivity contribution < 1.29 is 9.90 Å². The maximum Gasteiger partial charge on any atom is 0.224 e.